The molecule has 0 saturated carbocycles. The minimum atomic E-state index is 0.356. The molecule has 1 N–H and O–H groups in total. The van der Waals surface area contributed by atoms with Crippen LogP contribution in [0.3, 0.4) is 0 Å². The van der Waals surface area contributed by atoms with E-state index in [2.05, 4.69) is 62.1 Å². The third-order valence-electron chi connectivity index (χ3n) is 2.96. The number of aromatic nitrogens is 1. The summed E-state index contributed by atoms with van der Waals surface area (Å²) in [5.74, 6) is 0. The van der Waals surface area contributed by atoms with Crippen molar-refractivity contribution in [3.63, 3.8) is 0 Å². The number of nitrogens with one attached hydrogen (secondary N) is 1. The van der Waals surface area contributed by atoms with Crippen molar-refractivity contribution < 1.29 is 0 Å². The van der Waals surface area contributed by atoms with Gasteiger partial charge in [0.25, 0.3) is 0 Å². The summed E-state index contributed by atoms with van der Waals surface area (Å²) in [5.41, 5.74) is 1.12. The molecule has 1 aromatic rings. The summed E-state index contributed by atoms with van der Waals surface area (Å²) in [6.45, 7) is 5.36. The van der Waals surface area contributed by atoms with Gasteiger partial charge in [-0.3, -0.25) is 4.98 Å². The van der Waals surface area contributed by atoms with Gasteiger partial charge < -0.3 is 5.32 Å². The SMILES string of the molecule is CCCCCCC(NCC)c1ncc(Br)cc1Br. The first-order chi connectivity index (χ1) is 8.69. The van der Waals surface area contributed by atoms with E-state index in [1.165, 1.54) is 25.7 Å². The first-order valence-corrected chi connectivity index (χ1v) is 8.32. The van der Waals surface area contributed by atoms with Crippen LogP contribution >= 0.6 is 31.9 Å². The van der Waals surface area contributed by atoms with Crippen LogP contribution in [0, 0.1) is 0 Å². The molecule has 2 nitrogen and oxygen atoms in total. The van der Waals surface area contributed by atoms with E-state index >= 15 is 0 Å². The Kier molecular flexibility index (Phi) is 8.11. The topological polar surface area (TPSA) is 24.9 Å². The average Bonchev–Trinajstić information content (AvgIpc) is 2.34. The van der Waals surface area contributed by atoms with Crippen LogP contribution in [0.15, 0.2) is 21.2 Å². The van der Waals surface area contributed by atoms with Crippen LogP contribution in [0.5, 0.6) is 0 Å². The zero-order valence-electron chi connectivity index (χ0n) is 11.2. The first-order valence-electron chi connectivity index (χ1n) is 6.73. The van der Waals surface area contributed by atoms with Gasteiger partial charge in [-0.1, -0.05) is 39.5 Å². The lowest BCUT2D eigenvalue weighted by atomic mass is 10.0. The molecule has 4 heteroatoms. The molecule has 0 aliphatic carbocycles. The van der Waals surface area contributed by atoms with Crippen LogP contribution in [0.2, 0.25) is 0 Å². The van der Waals surface area contributed by atoms with Crippen LogP contribution in [-0.4, -0.2) is 11.5 Å². The van der Waals surface area contributed by atoms with Crippen molar-refractivity contribution in [2.75, 3.05) is 6.54 Å². The van der Waals surface area contributed by atoms with Gasteiger partial charge in [-0.2, -0.15) is 0 Å². The monoisotopic (exact) mass is 376 g/mol. The predicted octanol–water partition coefficient (Wildman–Crippen LogP) is 5.23. The highest BCUT2D eigenvalue weighted by molar-refractivity contribution is 9.11. The summed E-state index contributed by atoms with van der Waals surface area (Å²) in [5, 5.41) is 3.53. The van der Waals surface area contributed by atoms with E-state index in [-0.39, 0.29) is 0 Å². The average molecular weight is 378 g/mol. The van der Waals surface area contributed by atoms with Crippen molar-refractivity contribution in [1.82, 2.24) is 10.3 Å². The van der Waals surface area contributed by atoms with Crippen LogP contribution in [0.4, 0.5) is 0 Å². The largest absolute Gasteiger partial charge is 0.309 e. The smallest absolute Gasteiger partial charge is 0.0715 e. The summed E-state index contributed by atoms with van der Waals surface area (Å²) >= 11 is 7.05. The minimum Gasteiger partial charge on any atom is -0.309 e. The van der Waals surface area contributed by atoms with Crippen LogP contribution < -0.4 is 5.32 Å². The number of hydrogen-bond acceptors (Lipinski definition) is 2. The number of nitrogens with zero attached hydrogens (tertiary/aromatic N) is 1. The molecular formula is C14H22Br2N2. The highest BCUT2D eigenvalue weighted by Crippen LogP contribution is 2.27. The molecule has 1 atom stereocenters. The Morgan fingerprint density at radius 2 is 2.00 bits per heavy atom. The molecule has 1 heterocycles. The van der Waals surface area contributed by atoms with Gasteiger partial charge in [0, 0.05) is 15.1 Å². The second-order valence-electron chi connectivity index (χ2n) is 4.48. The maximum atomic E-state index is 4.54. The van der Waals surface area contributed by atoms with Gasteiger partial charge in [-0.25, -0.2) is 0 Å². The molecule has 0 amide bonds. The fraction of sp³-hybridized carbons (Fsp3) is 0.643. The molecular weight excluding hydrogens is 356 g/mol. The summed E-state index contributed by atoms with van der Waals surface area (Å²) in [6, 6.07) is 2.42. The molecule has 0 spiro atoms. The predicted molar refractivity (Wildman–Crippen MR) is 84.8 cm³/mol. The van der Waals surface area contributed by atoms with Gasteiger partial charge in [-0.15, -0.1) is 0 Å². The minimum absolute atomic E-state index is 0.356. The van der Waals surface area contributed by atoms with Crippen LogP contribution in [0.25, 0.3) is 0 Å². The molecule has 0 aliphatic heterocycles. The van der Waals surface area contributed by atoms with Crippen molar-refractivity contribution in [3.05, 3.63) is 26.9 Å². The Morgan fingerprint density at radius 1 is 1.22 bits per heavy atom. The van der Waals surface area contributed by atoms with Gasteiger partial charge >= 0.3 is 0 Å². The highest BCUT2D eigenvalue weighted by Gasteiger charge is 2.14. The second-order valence-corrected chi connectivity index (χ2v) is 6.25. The zero-order valence-corrected chi connectivity index (χ0v) is 14.3. The van der Waals surface area contributed by atoms with Gasteiger partial charge in [0.2, 0.25) is 0 Å². The first kappa shape index (κ1) is 16.1. The lowest BCUT2D eigenvalue weighted by Crippen LogP contribution is -2.22. The Balaban J connectivity index is 2.64. The fourth-order valence-corrected chi connectivity index (χ4v) is 3.30. The zero-order chi connectivity index (χ0) is 13.4. The van der Waals surface area contributed by atoms with E-state index in [1.54, 1.807) is 0 Å². The Morgan fingerprint density at radius 3 is 2.61 bits per heavy atom. The van der Waals surface area contributed by atoms with Crippen LogP contribution in [0.1, 0.15) is 57.7 Å². The van der Waals surface area contributed by atoms with Crippen molar-refractivity contribution in [1.29, 1.82) is 0 Å². The fourth-order valence-electron chi connectivity index (χ4n) is 2.04. The maximum absolute atomic E-state index is 4.54. The van der Waals surface area contributed by atoms with E-state index in [4.69, 9.17) is 0 Å². The van der Waals surface area contributed by atoms with Gasteiger partial charge in [0.05, 0.1) is 11.7 Å². The molecule has 0 fully saturated rings. The summed E-state index contributed by atoms with van der Waals surface area (Å²) < 4.78 is 2.10. The van der Waals surface area contributed by atoms with Gasteiger partial charge in [-0.05, 0) is 50.9 Å². The molecule has 0 radical (unpaired) electrons. The van der Waals surface area contributed by atoms with E-state index in [9.17, 15) is 0 Å². The number of pyridine rings is 1. The molecule has 1 rings (SSSR count). The standard InChI is InChI=1S/C14H22Br2N2/c1-3-5-6-7-8-13(17-4-2)14-12(16)9-11(15)10-18-14/h9-10,13,17H,3-8H2,1-2H3. The number of unbranched alkanes of at least 4 members (excludes halogenated alkanes) is 3. The quantitative estimate of drug-likeness (QED) is 0.627. The molecule has 0 saturated heterocycles. The lowest BCUT2D eigenvalue weighted by molar-refractivity contribution is 0.471. The van der Waals surface area contributed by atoms with Crippen molar-refractivity contribution >= 4 is 31.9 Å². The van der Waals surface area contributed by atoms with Crippen molar-refractivity contribution in [2.45, 2.75) is 52.0 Å². The van der Waals surface area contributed by atoms with Crippen molar-refractivity contribution in [2.24, 2.45) is 0 Å². The Hall–Kier alpha value is 0.0700. The van der Waals surface area contributed by atoms with Crippen molar-refractivity contribution in [3.8, 4) is 0 Å². The Bertz CT molecular complexity index is 356. The molecule has 0 bridgehead atoms. The molecule has 1 unspecified atom stereocenters. The van der Waals surface area contributed by atoms with Gasteiger partial charge in [0.15, 0.2) is 0 Å². The van der Waals surface area contributed by atoms with Gasteiger partial charge in [0.1, 0.15) is 0 Å². The Labute approximate surface area is 127 Å². The molecule has 0 aromatic carbocycles. The number of hydrogen-bond donors (Lipinski definition) is 1. The normalized spacial score (nSPS) is 12.7. The van der Waals surface area contributed by atoms with Crippen LogP contribution in [-0.2, 0) is 0 Å². The number of rotatable bonds is 8. The maximum Gasteiger partial charge on any atom is 0.0715 e. The van der Waals surface area contributed by atoms with E-state index < -0.39 is 0 Å². The molecule has 1 aromatic heterocycles. The molecule has 18 heavy (non-hydrogen) atoms. The second kappa shape index (κ2) is 9.05. The van der Waals surface area contributed by atoms with E-state index in [0.29, 0.717) is 6.04 Å². The third-order valence-corrected chi connectivity index (χ3v) is 4.03. The molecule has 102 valence electrons. The van der Waals surface area contributed by atoms with E-state index in [1.807, 2.05) is 6.20 Å². The summed E-state index contributed by atoms with van der Waals surface area (Å²) in [6.07, 6.45) is 8.21. The summed E-state index contributed by atoms with van der Waals surface area (Å²) in [7, 11) is 0. The third kappa shape index (κ3) is 5.37. The summed E-state index contributed by atoms with van der Waals surface area (Å²) in [4.78, 5) is 4.54. The highest BCUT2D eigenvalue weighted by atomic mass is 79.9. The molecule has 0 aliphatic rings. The lowest BCUT2D eigenvalue weighted by Gasteiger charge is -2.18. The number of halogens is 2. The van der Waals surface area contributed by atoms with E-state index in [0.717, 1.165) is 27.6 Å².